The van der Waals surface area contributed by atoms with Gasteiger partial charge in [-0.05, 0) is 64.1 Å². The smallest absolute Gasteiger partial charge is 0.283 e. The predicted octanol–water partition coefficient (Wildman–Crippen LogP) is 4.44. The largest absolute Gasteiger partial charge is 0.369 e. The molecule has 0 aliphatic heterocycles. The molecule has 1 fully saturated rings. The Morgan fingerprint density at radius 3 is 2.50 bits per heavy atom. The number of hydrogen-bond donors (Lipinski definition) is 1. The van der Waals surface area contributed by atoms with Crippen molar-refractivity contribution in [3.8, 4) is 12.3 Å². The molecule has 1 N–H and O–H groups in total. The Hall–Kier alpha value is -2.09. The summed E-state index contributed by atoms with van der Waals surface area (Å²) in [7, 11) is 3.40. The first-order valence-corrected chi connectivity index (χ1v) is 11.6. The quantitative estimate of drug-likeness (QED) is 0.229. The number of carbonyl (C=O) groups excluding carboxylic acids is 2. The second-order valence-electron chi connectivity index (χ2n) is 8.47. The van der Waals surface area contributed by atoms with Crippen LogP contribution in [0.2, 0.25) is 0 Å². The predicted molar refractivity (Wildman–Crippen MR) is 128 cm³/mol. The maximum atomic E-state index is 14.0. The van der Waals surface area contributed by atoms with Gasteiger partial charge in [0.05, 0.1) is 5.70 Å². The van der Waals surface area contributed by atoms with E-state index in [4.69, 9.17) is 6.42 Å². The maximum Gasteiger partial charge on any atom is 0.283 e. The molecule has 1 saturated carbocycles. The zero-order chi connectivity index (χ0) is 23.7. The number of rotatable bonds is 11. The van der Waals surface area contributed by atoms with E-state index in [1.54, 1.807) is 16.2 Å². The molecule has 0 amide bonds. The van der Waals surface area contributed by atoms with Crippen LogP contribution >= 0.6 is 9.24 Å². The van der Waals surface area contributed by atoms with E-state index in [9.17, 15) is 18.4 Å². The van der Waals surface area contributed by atoms with E-state index in [-0.39, 0.29) is 11.5 Å². The fourth-order valence-electron chi connectivity index (χ4n) is 4.29. The Balaban J connectivity index is 2.40. The molecule has 0 aromatic heterocycles. The lowest BCUT2D eigenvalue weighted by molar-refractivity contribution is -0.112. The third kappa shape index (κ3) is 6.95. The minimum Gasteiger partial charge on any atom is -0.369 e. The number of hydrogen-bond acceptors (Lipinski definition) is 4. The van der Waals surface area contributed by atoms with Crippen LogP contribution in [0.5, 0.6) is 0 Å². The molecular formula is C25H33F2N2O2P. The number of halogens is 2. The molecule has 174 valence electrons. The fourth-order valence-corrected chi connectivity index (χ4v) is 4.47. The van der Waals surface area contributed by atoms with Gasteiger partial charge in [0, 0.05) is 47.8 Å². The van der Waals surface area contributed by atoms with Gasteiger partial charge in [0.2, 0.25) is 0 Å². The van der Waals surface area contributed by atoms with Gasteiger partial charge in [-0.3, -0.25) is 4.79 Å². The zero-order valence-electron chi connectivity index (χ0n) is 18.9. The van der Waals surface area contributed by atoms with Gasteiger partial charge < -0.3 is 15.0 Å². The van der Waals surface area contributed by atoms with Crippen molar-refractivity contribution in [2.24, 2.45) is 11.8 Å². The topological polar surface area (TPSA) is 49.4 Å². The standard InChI is InChI=1S/C25H33F2N2O2P/c1-4-21-9-10-22(25(26,27)32)15-23(21)24(18(2)16-30)29(14-12-28-3)13-11-19-5-7-20(17-31)8-6-19/h1,9-10,15-17,19-20,28H,5-8,11-14,32H2,2-3H3/b24-18-. The number of terminal acetylenes is 1. The Morgan fingerprint density at radius 2 is 1.97 bits per heavy atom. The molecule has 7 heteroatoms. The van der Waals surface area contributed by atoms with E-state index in [1.807, 2.05) is 7.05 Å². The van der Waals surface area contributed by atoms with Crippen LogP contribution < -0.4 is 5.32 Å². The van der Waals surface area contributed by atoms with Crippen LogP contribution in [0.3, 0.4) is 0 Å². The third-order valence-corrected chi connectivity index (χ3v) is 6.54. The first kappa shape index (κ1) is 26.2. The molecule has 0 saturated heterocycles. The summed E-state index contributed by atoms with van der Waals surface area (Å²) in [6.45, 7) is 3.63. The van der Waals surface area contributed by atoms with Gasteiger partial charge in [-0.15, -0.1) is 6.42 Å². The Labute approximate surface area is 192 Å². The first-order chi connectivity index (χ1) is 15.2. The van der Waals surface area contributed by atoms with Crippen molar-refractivity contribution >= 4 is 27.5 Å². The van der Waals surface area contributed by atoms with E-state index in [2.05, 4.69) is 16.1 Å². The number of alkyl halides is 2. The average Bonchev–Trinajstić information content (AvgIpc) is 2.79. The van der Waals surface area contributed by atoms with E-state index in [0.29, 0.717) is 47.9 Å². The molecule has 0 bridgehead atoms. The van der Waals surface area contributed by atoms with E-state index in [1.165, 1.54) is 18.2 Å². The van der Waals surface area contributed by atoms with Crippen LogP contribution in [-0.4, -0.2) is 44.2 Å². The molecule has 1 atom stereocenters. The number of aldehydes is 2. The SMILES string of the molecule is C#Cc1ccc(C(F)(F)P)cc1/C(=C(\C)C=O)N(CCNC)CCC1CCC(C=O)CC1. The molecule has 1 unspecified atom stereocenters. The van der Waals surface area contributed by atoms with Crippen molar-refractivity contribution < 1.29 is 18.4 Å². The van der Waals surface area contributed by atoms with Crippen LogP contribution in [0.15, 0.2) is 23.8 Å². The highest BCUT2D eigenvalue weighted by Gasteiger charge is 2.28. The number of nitrogens with zero attached hydrogens (tertiary/aromatic N) is 1. The Bertz CT molecular complexity index is 866. The number of carbonyl (C=O) groups is 2. The normalized spacial score (nSPS) is 19.6. The van der Waals surface area contributed by atoms with Crippen molar-refractivity contribution in [3.05, 3.63) is 40.5 Å². The van der Waals surface area contributed by atoms with Crippen LogP contribution in [0.25, 0.3) is 5.70 Å². The van der Waals surface area contributed by atoms with Gasteiger partial charge in [-0.2, -0.15) is 8.78 Å². The van der Waals surface area contributed by atoms with Crippen molar-refractivity contribution in [2.45, 2.75) is 44.7 Å². The summed E-state index contributed by atoms with van der Waals surface area (Å²) in [6.07, 6.45) is 12.2. The number of allylic oxidation sites excluding steroid dienone is 1. The highest BCUT2D eigenvalue weighted by atomic mass is 31.0. The van der Waals surface area contributed by atoms with Gasteiger partial charge in [-0.1, -0.05) is 21.2 Å². The van der Waals surface area contributed by atoms with Crippen LogP contribution in [0.4, 0.5) is 8.78 Å². The highest BCUT2D eigenvalue weighted by molar-refractivity contribution is 7.17. The summed E-state index contributed by atoms with van der Waals surface area (Å²) in [5, 5.41) is 3.12. The summed E-state index contributed by atoms with van der Waals surface area (Å²) < 4.78 is 28.1. The summed E-state index contributed by atoms with van der Waals surface area (Å²) in [5.74, 6) is 3.24. The van der Waals surface area contributed by atoms with Gasteiger partial charge in [0.1, 0.15) is 12.6 Å². The molecule has 1 aromatic rings. The Morgan fingerprint density at radius 1 is 1.28 bits per heavy atom. The summed E-state index contributed by atoms with van der Waals surface area (Å²) in [5.41, 5.74) is -1.28. The van der Waals surface area contributed by atoms with Gasteiger partial charge in [0.25, 0.3) is 5.66 Å². The molecule has 0 heterocycles. The molecule has 32 heavy (non-hydrogen) atoms. The number of benzene rings is 1. The Kier molecular flexibility index (Phi) is 10.0. The molecule has 2 rings (SSSR count). The van der Waals surface area contributed by atoms with Crippen molar-refractivity contribution in [3.63, 3.8) is 0 Å². The molecular weight excluding hydrogens is 429 g/mol. The molecule has 0 radical (unpaired) electrons. The molecule has 1 aliphatic rings. The summed E-state index contributed by atoms with van der Waals surface area (Å²) in [4.78, 5) is 24.9. The summed E-state index contributed by atoms with van der Waals surface area (Å²) >= 11 is 0. The first-order valence-electron chi connectivity index (χ1n) is 11.0. The van der Waals surface area contributed by atoms with E-state index in [0.717, 1.165) is 44.7 Å². The zero-order valence-corrected chi connectivity index (χ0v) is 20.0. The fraction of sp³-hybridized carbons (Fsp3) is 0.520. The molecule has 1 aliphatic carbocycles. The second-order valence-corrected chi connectivity index (χ2v) is 9.20. The van der Waals surface area contributed by atoms with Crippen molar-refractivity contribution in [1.29, 1.82) is 0 Å². The van der Waals surface area contributed by atoms with Gasteiger partial charge in [-0.25, -0.2) is 0 Å². The molecule has 1 aromatic carbocycles. The van der Waals surface area contributed by atoms with Crippen molar-refractivity contribution in [1.82, 2.24) is 10.2 Å². The number of likely N-dealkylation sites (N-methyl/N-ethyl adjacent to an activating group) is 1. The average molecular weight is 463 g/mol. The molecule has 4 nitrogen and oxygen atoms in total. The van der Waals surface area contributed by atoms with Crippen LogP contribution in [0.1, 0.15) is 55.7 Å². The maximum absolute atomic E-state index is 14.0. The number of nitrogens with one attached hydrogen (secondary N) is 1. The van der Waals surface area contributed by atoms with Gasteiger partial charge in [0.15, 0.2) is 0 Å². The lowest BCUT2D eigenvalue weighted by Gasteiger charge is -2.33. The monoisotopic (exact) mass is 462 g/mol. The minimum atomic E-state index is -3.10. The van der Waals surface area contributed by atoms with Crippen LogP contribution in [0, 0.1) is 24.2 Å². The molecule has 0 spiro atoms. The van der Waals surface area contributed by atoms with Crippen LogP contribution in [-0.2, 0) is 15.3 Å². The summed E-state index contributed by atoms with van der Waals surface area (Å²) in [6, 6.07) is 4.23. The van der Waals surface area contributed by atoms with Crippen molar-refractivity contribution in [2.75, 3.05) is 26.7 Å². The minimum absolute atomic E-state index is 0.161. The van der Waals surface area contributed by atoms with E-state index >= 15 is 0 Å². The highest BCUT2D eigenvalue weighted by Crippen LogP contribution is 2.38. The van der Waals surface area contributed by atoms with Gasteiger partial charge >= 0.3 is 0 Å². The lowest BCUT2D eigenvalue weighted by atomic mass is 9.81. The third-order valence-electron chi connectivity index (χ3n) is 6.20. The van der Waals surface area contributed by atoms with E-state index < -0.39 is 5.66 Å². The second kappa shape index (κ2) is 12.2. The lowest BCUT2D eigenvalue weighted by Crippen LogP contribution is -2.33.